The maximum atomic E-state index is 4.23. The van der Waals surface area contributed by atoms with Crippen molar-refractivity contribution in [1.29, 1.82) is 0 Å². The van der Waals surface area contributed by atoms with Crippen LogP contribution in [0.25, 0.3) is 0 Å². The van der Waals surface area contributed by atoms with E-state index >= 15 is 0 Å². The van der Waals surface area contributed by atoms with Gasteiger partial charge in [-0.3, -0.25) is 4.99 Å². The summed E-state index contributed by atoms with van der Waals surface area (Å²) in [4.78, 5) is 4.23. The maximum absolute atomic E-state index is 4.23. The van der Waals surface area contributed by atoms with Gasteiger partial charge in [-0.05, 0) is 30.4 Å². The summed E-state index contributed by atoms with van der Waals surface area (Å²) in [6, 6.07) is 4.08. The van der Waals surface area contributed by atoms with Crippen LogP contribution in [-0.4, -0.2) is 30.7 Å². The molecule has 0 aliphatic carbocycles. The Hall–Kier alpha value is -1.45. The molecule has 4 nitrogen and oxygen atoms in total. The van der Waals surface area contributed by atoms with Crippen LogP contribution in [0.4, 0.5) is 0 Å². The van der Waals surface area contributed by atoms with Crippen molar-refractivity contribution in [3.05, 3.63) is 24.5 Å². The third kappa shape index (κ3) is 7.54. The third-order valence-electron chi connectivity index (χ3n) is 2.95. The van der Waals surface area contributed by atoms with E-state index in [2.05, 4.69) is 53.4 Å². The van der Waals surface area contributed by atoms with Crippen LogP contribution in [0.1, 0.15) is 33.6 Å². The lowest BCUT2D eigenvalue weighted by atomic mass is 9.91. The molecule has 0 atom stereocenters. The minimum Gasteiger partial charge on any atom is -0.356 e. The van der Waals surface area contributed by atoms with E-state index in [0.717, 1.165) is 25.6 Å². The molecule has 0 saturated carbocycles. The second kappa shape index (κ2) is 7.87. The number of hydrogen-bond donors (Lipinski definition) is 2. The van der Waals surface area contributed by atoms with Crippen LogP contribution in [0.5, 0.6) is 0 Å². The number of nitrogens with zero attached hydrogens (tertiary/aromatic N) is 2. The molecule has 2 N–H and O–H groups in total. The predicted molar refractivity (Wildman–Crippen MR) is 82.5 cm³/mol. The average molecular weight is 264 g/mol. The summed E-state index contributed by atoms with van der Waals surface area (Å²) in [5, 5.41) is 6.68. The zero-order valence-corrected chi connectivity index (χ0v) is 12.7. The highest BCUT2D eigenvalue weighted by atomic mass is 15.2. The van der Waals surface area contributed by atoms with Crippen molar-refractivity contribution in [2.45, 2.75) is 40.2 Å². The fourth-order valence-electron chi connectivity index (χ4n) is 1.87. The summed E-state index contributed by atoms with van der Waals surface area (Å²) < 4.78 is 2.15. The zero-order valence-electron chi connectivity index (χ0n) is 12.7. The number of guanidine groups is 1. The standard InChI is InChI=1S/C15H28N4/c1-15(2,3)8-7-9-17-14(16-4)18-10-13-19-11-5-6-12-19/h5-6,11-12H,7-10,13H2,1-4H3,(H2,16,17,18). The topological polar surface area (TPSA) is 41.4 Å². The Kier molecular flexibility index (Phi) is 6.46. The Morgan fingerprint density at radius 2 is 1.74 bits per heavy atom. The molecule has 0 aliphatic rings. The Morgan fingerprint density at radius 1 is 1.11 bits per heavy atom. The molecule has 0 spiro atoms. The van der Waals surface area contributed by atoms with E-state index in [1.54, 1.807) is 0 Å². The Bertz CT molecular complexity index is 360. The van der Waals surface area contributed by atoms with Gasteiger partial charge in [0.1, 0.15) is 0 Å². The van der Waals surface area contributed by atoms with Gasteiger partial charge in [0.05, 0.1) is 0 Å². The highest BCUT2D eigenvalue weighted by Gasteiger charge is 2.08. The summed E-state index contributed by atoms with van der Waals surface area (Å²) in [5.74, 6) is 0.890. The minimum absolute atomic E-state index is 0.410. The van der Waals surface area contributed by atoms with Gasteiger partial charge in [-0.15, -0.1) is 0 Å². The quantitative estimate of drug-likeness (QED) is 0.471. The van der Waals surface area contributed by atoms with Crippen molar-refractivity contribution in [2.24, 2.45) is 10.4 Å². The van der Waals surface area contributed by atoms with E-state index in [1.807, 2.05) is 19.2 Å². The van der Waals surface area contributed by atoms with Gasteiger partial charge in [0.25, 0.3) is 0 Å². The average Bonchev–Trinajstić information content (AvgIpc) is 2.84. The van der Waals surface area contributed by atoms with Gasteiger partial charge in [0, 0.05) is 39.1 Å². The number of aromatic nitrogens is 1. The predicted octanol–water partition coefficient (Wildman–Crippen LogP) is 2.48. The third-order valence-corrected chi connectivity index (χ3v) is 2.95. The van der Waals surface area contributed by atoms with E-state index in [0.29, 0.717) is 5.41 Å². The molecule has 0 aliphatic heterocycles. The van der Waals surface area contributed by atoms with Crippen LogP contribution in [-0.2, 0) is 6.54 Å². The first-order valence-corrected chi connectivity index (χ1v) is 7.06. The van der Waals surface area contributed by atoms with Crippen LogP contribution < -0.4 is 10.6 Å². The Labute approximate surface area is 117 Å². The molecule has 0 bridgehead atoms. The van der Waals surface area contributed by atoms with Crippen molar-refractivity contribution in [3.8, 4) is 0 Å². The van der Waals surface area contributed by atoms with E-state index in [9.17, 15) is 0 Å². The van der Waals surface area contributed by atoms with E-state index < -0.39 is 0 Å². The second-order valence-electron chi connectivity index (χ2n) is 6.01. The fraction of sp³-hybridized carbons (Fsp3) is 0.667. The van der Waals surface area contributed by atoms with Gasteiger partial charge in [0.15, 0.2) is 5.96 Å². The van der Waals surface area contributed by atoms with Gasteiger partial charge in [0.2, 0.25) is 0 Å². The molecule has 108 valence electrons. The zero-order chi connectivity index (χ0) is 14.1. The lowest BCUT2D eigenvalue weighted by molar-refractivity contribution is 0.365. The molecule has 4 heteroatoms. The van der Waals surface area contributed by atoms with Crippen LogP contribution in [0, 0.1) is 5.41 Å². The van der Waals surface area contributed by atoms with Gasteiger partial charge in [-0.25, -0.2) is 0 Å². The normalized spacial score (nSPS) is 12.5. The molecule has 0 unspecified atom stereocenters. The highest BCUT2D eigenvalue weighted by Crippen LogP contribution is 2.19. The van der Waals surface area contributed by atoms with Crippen molar-refractivity contribution < 1.29 is 0 Å². The lowest BCUT2D eigenvalue weighted by Crippen LogP contribution is -2.39. The van der Waals surface area contributed by atoms with Crippen LogP contribution in [0.3, 0.4) is 0 Å². The number of rotatable bonds is 6. The smallest absolute Gasteiger partial charge is 0.191 e. The van der Waals surface area contributed by atoms with Gasteiger partial charge in [-0.2, -0.15) is 0 Å². The minimum atomic E-state index is 0.410. The van der Waals surface area contributed by atoms with Crippen LogP contribution in [0.2, 0.25) is 0 Å². The number of aliphatic imine (C=N–C) groups is 1. The monoisotopic (exact) mass is 264 g/mol. The second-order valence-corrected chi connectivity index (χ2v) is 6.01. The summed E-state index contributed by atoms with van der Waals surface area (Å²) >= 11 is 0. The van der Waals surface area contributed by atoms with Crippen molar-refractivity contribution in [2.75, 3.05) is 20.1 Å². The fourth-order valence-corrected chi connectivity index (χ4v) is 1.87. The molecule has 19 heavy (non-hydrogen) atoms. The van der Waals surface area contributed by atoms with Crippen molar-refractivity contribution in [3.63, 3.8) is 0 Å². The van der Waals surface area contributed by atoms with E-state index in [-0.39, 0.29) is 0 Å². The molecule has 0 amide bonds. The first-order chi connectivity index (χ1) is 9.01. The Balaban J connectivity index is 2.13. The van der Waals surface area contributed by atoms with Crippen molar-refractivity contribution in [1.82, 2.24) is 15.2 Å². The SMILES string of the molecule is CN=C(NCCCC(C)(C)C)NCCn1cccc1. The Morgan fingerprint density at radius 3 is 2.32 bits per heavy atom. The van der Waals surface area contributed by atoms with E-state index in [4.69, 9.17) is 0 Å². The lowest BCUT2D eigenvalue weighted by Gasteiger charge is -2.18. The van der Waals surface area contributed by atoms with Crippen LogP contribution >= 0.6 is 0 Å². The van der Waals surface area contributed by atoms with Crippen LogP contribution in [0.15, 0.2) is 29.5 Å². The molecule has 0 aromatic carbocycles. The van der Waals surface area contributed by atoms with Gasteiger partial charge < -0.3 is 15.2 Å². The molecule has 0 fully saturated rings. The molecule has 1 heterocycles. The summed E-state index contributed by atoms with van der Waals surface area (Å²) in [5.41, 5.74) is 0.410. The molecular formula is C15H28N4. The molecule has 1 aromatic heterocycles. The maximum Gasteiger partial charge on any atom is 0.191 e. The highest BCUT2D eigenvalue weighted by molar-refractivity contribution is 5.79. The first kappa shape index (κ1) is 15.6. The summed E-state index contributed by atoms with van der Waals surface area (Å²) in [6.07, 6.45) is 6.53. The van der Waals surface area contributed by atoms with Gasteiger partial charge in [-0.1, -0.05) is 20.8 Å². The number of nitrogens with one attached hydrogen (secondary N) is 2. The molecule has 1 rings (SSSR count). The van der Waals surface area contributed by atoms with E-state index in [1.165, 1.54) is 12.8 Å². The molecular weight excluding hydrogens is 236 g/mol. The summed E-state index contributed by atoms with van der Waals surface area (Å²) in [7, 11) is 1.81. The first-order valence-electron chi connectivity index (χ1n) is 7.06. The van der Waals surface area contributed by atoms with Crippen molar-refractivity contribution >= 4 is 5.96 Å². The van der Waals surface area contributed by atoms with Gasteiger partial charge >= 0.3 is 0 Å². The molecule has 0 radical (unpaired) electrons. The largest absolute Gasteiger partial charge is 0.356 e. The molecule has 1 aromatic rings. The summed E-state index contributed by atoms with van der Waals surface area (Å²) in [6.45, 7) is 9.63. The number of hydrogen-bond acceptors (Lipinski definition) is 1. The molecule has 0 saturated heterocycles.